The number of ether oxygens (including phenoxy) is 1. The molecule has 0 aromatic heterocycles. The van der Waals surface area contributed by atoms with E-state index in [0.717, 1.165) is 11.1 Å². The SMILES string of the molecule is COc1cc(S(=O)(=O)NCC(C)C)c(C)cc1C. The van der Waals surface area contributed by atoms with Gasteiger partial charge in [0.2, 0.25) is 10.0 Å². The first-order valence-corrected chi connectivity index (χ1v) is 7.41. The van der Waals surface area contributed by atoms with Crippen molar-refractivity contribution in [3.63, 3.8) is 0 Å². The van der Waals surface area contributed by atoms with Crippen molar-refractivity contribution in [2.45, 2.75) is 32.6 Å². The molecule has 0 amide bonds. The monoisotopic (exact) mass is 271 g/mol. The number of hydrogen-bond donors (Lipinski definition) is 1. The first-order chi connectivity index (χ1) is 8.27. The minimum absolute atomic E-state index is 0.271. The van der Waals surface area contributed by atoms with Crippen LogP contribution in [0.2, 0.25) is 0 Å². The topological polar surface area (TPSA) is 55.4 Å². The Kier molecular flexibility index (Phi) is 4.76. The Balaban J connectivity index is 3.16. The van der Waals surface area contributed by atoms with E-state index in [2.05, 4.69) is 4.72 Å². The molecule has 102 valence electrons. The molecule has 4 nitrogen and oxygen atoms in total. The summed E-state index contributed by atoms with van der Waals surface area (Å²) in [5, 5.41) is 0. The first-order valence-electron chi connectivity index (χ1n) is 5.93. The summed E-state index contributed by atoms with van der Waals surface area (Å²) >= 11 is 0. The van der Waals surface area contributed by atoms with Crippen LogP contribution in [0.25, 0.3) is 0 Å². The van der Waals surface area contributed by atoms with Gasteiger partial charge >= 0.3 is 0 Å². The summed E-state index contributed by atoms with van der Waals surface area (Å²) < 4.78 is 32.1. The van der Waals surface area contributed by atoms with E-state index in [-0.39, 0.29) is 10.8 Å². The van der Waals surface area contributed by atoms with Crippen molar-refractivity contribution in [2.24, 2.45) is 5.92 Å². The molecule has 0 radical (unpaired) electrons. The lowest BCUT2D eigenvalue weighted by Gasteiger charge is -2.13. The number of sulfonamides is 1. The average molecular weight is 271 g/mol. The van der Waals surface area contributed by atoms with Gasteiger partial charge in [-0.05, 0) is 30.9 Å². The summed E-state index contributed by atoms with van der Waals surface area (Å²) in [6.45, 7) is 8.04. The minimum Gasteiger partial charge on any atom is -0.496 e. The van der Waals surface area contributed by atoms with Crippen LogP contribution in [0.5, 0.6) is 5.75 Å². The normalized spacial score (nSPS) is 11.9. The molecule has 0 saturated heterocycles. The van der Waals surface area contributed by atoms with Crippen LogP contribution in [-0.4, -0.2) is 22.1 Å². The second kappa shape index (κ2) is 5.71. The van der Waals surface area contributed by atoms with E-state index >= 15 is 0 Å². The van der Waals surface area contributed by atoms with Gasteiger partial charge in [0.05, 0.1) is 12.0 Å². The molecule has 0 aliphatic rings. The van der Waals surface area contributed by atoms with Gasteiger partial charge in [-0.3, -0.25) is 0 Å². The van der Waals surface area contributed by atoms with Gasteiger partial charge in [-0.1, -0.05) is 19.9 Å². The van der Waals surface area contributed by atoms with Crippen molar-refractivity contribution in [3.05, 3.63) is 23.3 Å². The maximum Gasteiger partial charge on any atom is 0.240 e. The van der Waals surface area contributed by atoms with E-state index in [0.29, 0.717) is 12.3 Å². The highest BCUT2D eigenvalue weighted by molar-refractivity contribution is 7.89. The highest BCUT2D eigenvalue weighted by Gasteiger charge is 2.18. The predicted octanol–water partition coefficient (Wildman–Crippen LogP) is 2.25. The summed E-state index contributed by atoms with van der Waals surface area (Å²) in [6, 6.07) is 3.40. The number of nitrogens with one attached hydrogen (secondary N) is 1. The lowest BCUT2D eigenvalue weighted by molar-refractivity contribution is 0.410. The number of rotatable bonds is 5. The average Bonchev–Trinajstić information content (AvgIpc) is 2.26. The lowest BCUT2D eigenvalue weighted by Crippen LogP contribution is -2.28. The Morgan fingerprint density at radius 1 is 1.22 bits per heavy atom. The molecule has 0 heterocycles. The summed E-state index contributed by atoms with van der Waals surface area (Å²) in [5.74, 6) is 0.859. The third-order valence-corrected chi connectivity index (χ3v) is 4.23. The molecule has 1 N–H and O–H groups in total. The van der Waals surface area contributed by atoms with Crippen LogP contribution in [0, 0.1) is 19.8 Å². The molecule has 1 rings (SSSR count). The summed E-state index contributed by atoms with van der Waals surface area (Å²) in [6.07, 6.45) is 0. The zero-order valence-electron chi connectivity index (χ0n) is 11.6. The molecular weight excluding hydrogens is 250 g/mol. The van der Waals surface area contributed by atoms with Gasteiger partial charge in [-0.2, -0.15) is 0 Å². The van der Waals surface area contributed by atoms with E-state index in [9.17, 15) is 8.42 Å². The maximum atomic E-state index is 12.2. The second-order valence-corrected chi connectivity index (χ2v) is 6.57. The highest BCUT2D eigenvalue weighted by atomic mass is 32.2. The Hall–Kier alpha value is -1.07. The summed E-state index contributed by atoms with van der Waals surface area (Å²) in [5.41, 5.74) is 1.65. The van der Waals surface area contributed by atoms with Gasteiger partial charge in [0, 0.05) is 12.6 Å². The highest BCUT2D eigenvalue weighted by Crippen LogP contribution is 2.25. The van der Waals surface area contributed by atoms with Crippen LogP contribution >= 0.6 is 0 Å². The van der Waals surface area contributed by atoms with Crippen LogP contribution in [0.15, 0.2) is 17.0 Å². The van der Waals surface area contributed by atoms with Crippen molar-refractivity contribution in [2.75, 3.05) is 13.7 Å². The van der Waals surface area contributed by atoms with Crippen molar-refractivity contribution < 1.29 is 13.2 Å². The van der Waals surface area contributed by atoms with Crippen molar-refractivity contribution >= 4 is 10.0 Å². The maximum absolute atomic E-state index is 12.2. The van der Waals surface area contributed by atoms with Gasteiger partial charge in [-0.15, -0.1) is 0 Å². The zero-order chi connectivity index (χ0) is 13.9. The second-order valence-electron chi connectivity index (χ2n) is 4.83. The zero-order valence-corrected chi connectivity index (χ0v) is 12.4. The number of hydrogen-bond acceptors (Lipinski definition) is 3. The first kappa shape index (κ1) is 15.0. The third kappa shape index (κ3) is 3.46. The largest absolute Gasteiger partial charge is 0.496 e. The Morgan fingerprint density at radius 3 is 2.33 bits per heavy atom. The van der Waals surface area contributed by atoms with Crippen LogP contribution in [-0.2, 0) is 10.0 Å². The van der Waals surface area contributed by atoms with E-state index in [1.165, 1.54) is 7.11 Å². The standard InChI is InChI=1S/C13H21NO3S/c1-9(2)8-14-18(15,16)13-7-12(17-5)10(3)6-11(13)4/h6-7,9,14H,8H2,1-5H3. The van der Waals surface area contributed by atoms with Gasteiger partial charge in [0.15, 0.2) is 0 Å². The molecule has 0 aliphatic carbocycles. The molecule has 1 aromatic carbocycles. The van der Waals surface area contributed by atoms with Crippen LogP contribution < -0.4 is 9.46 Å². The fourth-order valence-corrected chi connectivity index (χ4v) is 3.13. The molecule has 5 heteroatoms. The molecule has 0 aliphatic heterocycles. The van der Waals surface area contributed by atoms with E-state index < -0.39 is 10.0 Å². The third-order valence-electron chi connectivity index (χ3n) is 2.66. The molecule has 0 saturated carbocycles. The summed E-state index contributed by atoms with van der Waals surface area (Å²) in [4.78, 5) is 0.283. The predicted molar refractivity (Wildman–Crippen MR) is 72.5 cm³/mol. The number of benzene rings is 1. The molecule has 0 spiro atoms. The van der Waals surface area contributed by atoms with Crippen LogP contribution in [0.4, 0.5) is 0 Å². The Bertz CT molecular complexity index is 521. The van der Waals surface area contributed by atoms with Gasteiger partial charge in [-0.25, -0.2) is 13.1 Å². The van der Waals surface area contributed by atoms with Crippen molar-refractivity contribution in [1.29, 1.82) is 0 Å². The van der Waals surface area contributed by atoms with E-state index in [1.54, 1.807) is 13.0 Å². The molecule has 0 unspecified atom stereocenters. The number of methoxy groups -OCH3 is 1. The minimum atomic E-state index is -3.47. The fraction of sp³-hybridized carbons (Fsp3) is 0.538. The molecule has 0 atom stereocenters. The number of aryl methyl sites for hydroxylation is 2. The smallest absolute Gasteiger partial charge is 0.240 e. The fourth-order valence-electron chi connectivity index (χ4n) is 1.68. The van der Waals surface area contributed by atoms with Gasteiger partial charge in [0.1, 0.15) is 5.75 Å². The Labute approximate surface area is 109 Å². The van der Waals surface area contributed by atoms with E-state index in [4.69, 9.17) is 4.74 Å². The Morgan fingerprint density at radius 2 is 1.83 bits per heavy atom. The molecule has 1 aromatic rings. The van der Waals surface area contributed by atoms with Crippen LogP contribution in [0.1, 0.15) is 25.0 Å². The van der Waals surface area contributed by atoms with E-state index in [1.807, 2.05) is 26.8 Å². The molecular formula is C13H21NO3S. The van der Waals surface area contributed by atoms with Crippen molar-refractivity contribution in [1.82, 2.24) is 4.72 Å². The lowest BCUT2D eigenvalue weighted by atomic mass is 10.1. The van der Waals surface area contributed by atoms with Gasteiger partial charge < -0.3 is 4.74 Å². The van der Waals surface area contributed by atoms with Crippen LogP contribution in [0.3, 0.4) is 0 Å². The summed E-state index contributed by atoms with van der Waals surface area (Å²) in [7, 11) is -1.93. The molecule has 18 heavy (non-hydrogen) atoms. The quantitative estimate of drug-likeness (QED) is 0.893. The van der Waals surface area contributed by atoms with Crippen molar-refractivity contribution in [3.8, 4) is 5.75 Å². The molecule has 0 fully saturated rings. The van der Waals surface area contributed by atoms with Gasteiger partial charge in [0.25, 0.3) is 0 Å². The molecule has 0 bridgehead atoms.